The number of hydrogen-bond acceptors (Lipinski definition) is 6. The van der Waals surface area contributed by atoms with Gasteiger partial charge in [0.15, 0.2) is 0 Å². The van der Waals surface area contributed by atoms with E-state index in [2.05, 4.69) is 0 Å². The number of carbonyl (C=O) groups excluding carboxylic acids is 2. The fourth-order valence-electron chi connectivity index (χ4n) is 2.70. The first-order valence-electron chi connectivity index (χ1n) is 7.29. The van der Waals surface area contributed by atoms with Crippen molar-refractivity contribution in [2.45, 2.75) is 0 Å². The van der Waals surface area contributed by atoms with Gasteiger partial charge in [-0.15, -0.1) is 0 Å². The number of phenols is 1. The molecular formula is C18H13NO5. The van der Waals surface area contributed by atoms with Gasteiger partial charge in [-0.25, -0.2) is 0 Å². The number of anilines is 1. The Morgan fingerprint density at radius 2 is 1.38 bits per heavy atom. The van der Waals surface area contributed by atoms with Crippen molar-refractivity contribution in [2.75, 3.05) is 19.0 Å². The van der Waals surface area contributed by atoms with Crippen LogP contribution >= 0.6 is 0 Å². The van der Waals surface area contributed by atoms with Crippen LogP contribution < -0.4 is 14.4 Å². The summed E-state index contributed by atoms with van der Waals surface area (Å²) in [5.41, 5.74) is 1.55. The molecule has 0 aromatic heterocycles. The Hall–Kier alpha value is -3.28. The Bertz CT molecular complexity index is 942. The van der Waals surface area contributed by atoms with E-state index in [1.165, 1.54) is 18.2 Å². The van der Waals surface area contributed by atoms with Gasteiger partial charge in [0.05, 0.1) is 11.1 Å². The van der Waals surface area contributed by atoms with E-state index in [1.807, 2.05) is 19.0 Å². The molecule has 4 rings (SSSR count). The Kier molecular flexibility index (Phi) is 2.90. The molecule has 0 saturated heterocycles. The van der Waals surface area contributed by atoms with E-state index >= 15 is 0 Å². The van der Waals surface area contributed by atoms with Gasteiger partial charge >= 0.3 is 0 Å². The third kappa shape index (κ3) is 1.96. The lowest BCUT2D eigenvalue weighted by Gasteiger charge is -2.12. The minimum Gasteiger partial charge on any atom is -0.508 e. The van der Waals surface area contributed by atoms with E-state index in [-0.39, 0.29) is 28.6 Å². The fourth-order valence-corrected chi connectivity index (χ4v) is 2.70. The summed E-state index contributed by atoms with van der Waals surface area (Å²) in [7, 11) is 3.76. The first kappa shape index (κ1) is 14.3. The molecule has 6 nitrogen and oxygen atoms in total. The number of fused-ring (bicyclic) bond motifs is 2. The zero-order valence-corrected chi connectivity index (χ0v) is 13.0. The summed E-state index contributed by atoms with van der Waals surface area (Å²) in [5.74, 6) is -0.521. The molecule has 2 aliphatic heterocycles. The van der Waals surface area contributed by atoms with Crippen LogP contribution in [-0.2, 0) is 0 Å². The van der Waals surface area contributed by atoms with E-state index in [9.17, 15) is 14.7 Å². The van der Waals surface area contributed by atoms with Gasteiger partial charge in [0.1, 0.15) is 17.2 Å². The highest BCUT2D eigenvalue weighted by molar-refractivity contribution is 6.20. The Balaban J connectivity index is 1.77. The number of ketones is 2. The molecule has 6 heteroatoms. The zero-order chi connectivity index (χ0) is 17.0. The second-order valence-electron chi connectivity index (χ2n) is 5.78. The number of aromatic hydroxyl groups is 1. The van der Waals surface area contributed by atoms with Crippen LogP contribution in [0.3, 0.4) is 0 Å². The van der Waals surface area contributed by atoms with Gasteiger partial charge in [-0.2, -0.15) is 0 Å². The van der Waals surface area contributed by atoms with Crippen molar-refractivity contribution in [2.24, 2.45) is 0 Å². The molecule has 0 amide bonds. The van der Waals surface area contributed by atoms with Crippen molar-refractivity contribution in [3.8, 4) is 17.2 Å². The lowest BCUT2D eigenvalue weighted by atomic mass is 10.1. The molecule has 0 saturated carbocycles. The van der Waals surface area contributed by atoms with Crippen molar-refractivity contribution in [1.82, 2.24) is 0 Å². The zero-order valence-electron chi connectivity index (χ0n) is 13.0. The molecule has 0 atom stereocenters. The summed E-state index contributed by atoms with van der Waals surface area (Å²) in [6, 6.07) is 9.38. The van der Waals surface area contributed by atoms with E-state index in [0.29, 0.717) is 11.3 Å². The van der Waals surface area contributed by atoms with E-state index < -0.39 is 11.6 Å². The summed E-state index contributed by atoms with van der Waals surface area (Å²) in [4.78, 5) is 26.9. The van der Waals surface area contributed by atoms with Crippen molar-refractivity contribution in [3.63, 3.8) is 0 Å². The van der Waals surface area contributed by atoms with Crippen molar-refractivity contribution >= 4 is 17.3 Å². The Morgan fingerprint density at radius 1 is 0.833 bits per heavy atom. The molecule has 0 aliphatic carbocycles. The second kappa shape index (κ2) is 4.86. The third-order valence-corrected chi connectivity index (χ3v) is 3.98. The first-order chi connectivity index (χ1) is 11.5. The molecular weight excluding hydrogens is 310 g/mol. The summed E-state index contributed by atoms with van der Waals surface area (Å²) < 4.78 is 11.1. The molecule has 120 valence electrons. The van der Waals surface area contributed by atoms with Crippen LogP contribution in [0.1, 0.15) is 20.7 Å². The first-order valence-corrected chi connectivity index (χ1v) is 7.29. The molecule has 2 aromatic rings. The van der Waals surface area contributed by atoms with Crippen molar-refractivity contribution in [1.29, 1.82) is 0 Å². The predicted molar refractivity (Wildman–Crippen MR) is 85.8 cm³/mol. The second-order valence-corrected chi connectivity index (χ2v) is 5.78. The average molecular weight is 323 g/mol. The molecule has 2 heterocycles. The molecule has 1 N–H and O–H groups in total. The maximum absolute atomic E-state index is 12.6. The lowest BCUT2D eigenvalue weighted by molar-refractivity contribution is 0.0960. The number of Topliss-reactive ketones (excluding diaryl/α,β-unsaturated/α-hetero) is 2. The molecule has 0 spiro atoms. The molecule has 0 radical (unpaired) electrons. The molecule has 24 heavy (non-hydrogen) atoms. The molecule has 0 bridgehead atoms. The molecule has 0 fully saturated rings. The van der Waals surface area contributed by atoms with Gasteiger partial charge in [0.25, 0.3) is 0 Å². The van der Waals surface area contributed by atoms with Gasteiger partial charge in [0.2, 0.25) is 23.1 Å². The number of ether oxygens (including phenoxy) is 2. The minimum atomic E-state index is -0.436. The van der Waals surface area contributed by atoms with Crippen LogP contribution in [0, 0.1) is 0 Å². The van der Waals surface area contributed by atoms with E-state index in [1.54, 1.807) is 18.2 Å². The highest BCUT2D eigenvalue weighted by Crippen LogP contribution is 2.40. The number of benzene rings is 2. The number of hydrogen-bond donors (Lipinski definition) is 1. The van der Waals surface area contributed by atoms with Gasteiger partial charge < -0.3 is 19.5 Å². The number of carbonyl (C=O) groups is 2. The van der Waals surface area contributed by atoms with Crippen LogP contribution in [0.25, 0.3) is 0 Å². The van der Waals surface area contributed by atoms with Crippen molar-refractivity contribution < 1.29 is 24.2 Å². The van der Waals surface area contributed by atoms with Gasteiger partial charge in [-0.3, -0.25) is 9.59 Å². The van der Waals surface area contributed by atoms with Crippen LogP contribution in [0.2, 0.25) is 0 Å². The van der Waals surface area contributed by atoms with Gasteiger partial charge in [-0.05, 0) is 24.3 Å². The molecule has 2 aromatic carbocycles. The summed E-state index contributed by atoms with van der Waals surface area (Å²) in [6.45, 7) is 0. The fraction of sp³-hybridized carbons (Fsp3) is 0.111. The summed E-state index contributed by atoms with van der Waals surface area (Å²) >= 11 is 0. The monoisotopic (exact) mass is 323 g/mol. The average Bonchev–Trinajstić information content (AvgIpc) is 3.04. The van der Waals surface area contributed by atoms with E-state index in [4.69, 9.17) is 9.47 Å². The maximum Gasteiger partial charge on any atom is 0.236 e. The highest BCUT2D eigenvalue weighted by Gasteiger charge is 2.39. The topological polar surface area (TPSA) is 76.1 Å². The van der Waals surface area contributed by atoms with Crippen LogP contribution in [-0.4, -0.2) is 30.8 Å². The number of phenolic OH excluding ortho intramolecular Hbond substituents is 1. The third-order valence-electron chi connectivity index (χ3n) is 3.98. The van der Waals surface area contributed by atoms with Gasteiger partial charge in [-0.1, -0.05) is 0 Å². The largest absolute Gasteiger partial charge is 0.508 e. The Morgan fingerprint density at radius 3 is 1.96 bits per heavy atom. The smallest absolute Gasteiger partial charge is 0.236 e. The minimum absolute atomic E-state index is 0.0228. The molecule has 2 aliphatic rings. The SMILES string of the molecule is CN(C)c1ccc2c(c1)OC(=C1Oc3cc(O)ccc3C1=O)C2=O. The number of nitrogens with zero attached hydrogens (tertiary/aromatic N) is 1. The van der Waals surface area contributed by atoms with E-state index in [0.717, 1.165) is 5.69 Å². The summed E-state index contributed by atoms with van der Waals surface area (Å²) in [5, 5.41) is 9.50. The number of rotatable bonds is 1. The van der Waals surface area contributed by atoms with Crippen LogP contribution in [0.15, 0.2) is 47.9 Å². The van der Waals surface area contributed by atoms with Gasteiger partial charge in [0, 0.05) is 31.9 Å². The Labute approximate surface area is 137 Å². The highest BCUT2D eigenvalue weighted by atomic mass is 16.5. The normalized spacial score (nSPS) is 18.1. The summed E-state index contributed by atoms with van der Waals surface area (Å²) in [6.07, 6.45) is 0. The van der Waals surface area contributed by atoms with Crippen LogP contribution in [0.4, 0.5) is 5.69 Å². The quantitative estimate of drug-likeness (QED) is 0.813. The molecule has 0 unspecified atom stereocenters. The lowest BCUT2D eigenvalue weighted by Crippen LogP contribution is -2.10. The predicted octanol–water partition coefficient (Wildman–Crippen LogP) is 2.52. The standard InChI is InChI=1S/C18H13NO5/c1-19(2)9-3-5-11-13(7-9)23-17(15(11)21)18-16(22)12-6-4-10(20)8-14(12)24-18/h3-8,20H,1-2H3. The van der Waals surface area contributed by atoms with Crippen molar-refractivity contribution in [3.05, 3.63) is 59.0 Å². The number of allylic oxidation sites excluding steroid dienone is 2. The maximum atomic E-state index is 12.6. The van der Waals surface area contributed by atoms with Crippen LogP contribution in [0.5, 0.6) is 17.2 Å².